The lowest BCUT2D eigenvalue weighted by Gasteiger charge is -2.23. The highest BCUT2D eigenvalue weighted by molar-refractivity contribution is 7.93. The maximum Gasteiger partial charge on any atom is 0.272 e. The monoisotopic (exact) mass is 427 g/mol. The summed E-state index contributed by atoms with van der Waals surface area (Å²) >= 11 is 0. The molecule has 0 spiro atoms. The van der Waals surface area contributed by atoms with Crippen molar-refractivity contribution in [1.82, 2.24) is 0 Å². The first-order valence-corrected chi connectivity index (χ1v) is 10.4. The molecule has 0 aliphatic rings. The summed E-state index contributed by atoms with van der Waals surface area (Å²) in [4.78, 5) is 13.5. The molecule has 0 radical (unpaired) electrons. The summed E-state index contributed by atoms with van der Waals surface area (Å²) < 4.78 is 43.4. The van der Waals surface area contributed by atoms with Crippen molar-refractivity contribution in [3.63, 3.8) is 0 Å². The molecule has 0 aromatic heterocycles. The number of carbonyl (C=O) groups excluding carboxylic acids is 1. The summed E-state index contributed by atoms with van der Waals surface area (Å²) in [6.07, 6.45) is 0. The molecule has 156 valence electrons. The number of benzene rings is 3. The molecule has 3 aromatic rings. The van der Waals surface area contributed by atoms with Crippen LogP contribution in [0.3, 0.4) is 0 Å². The van der Waals surface area contributed by atoms with Crippen LogP contribution in [0, 0.1) is 0 Å². The molecule has 0 saturated heterocycles. The Balaban J connectivity index is 2.20. The summed E-state index contributed by atoms with van der Waals surface area (Å²) in [6.45, 7) is 0. The molecule has 7 nitrogen and oxygen atoms in total. The van der Waals surface area contributed by atoms with Crippen LogP contribution in [-0.4, -0.2) is 35.7 Å². The highest BCUT2D eigenvalue weighted by Crippen LogP contribution is 2.39. The third-order valence-corrected chi connectivity index (χ3v) is 6.09. The second kappa shape index (κ2) is 8.87. The fourth-order valence-electron chi connectivity index (χ4n) is 2.95. The van der Waals surface area contributed by atoms with Crippen LogP contribution in [-0.2, 0) is 10.0 Å². The molecule has 1 amide bonds. The van der Waals surface area contributed by atoms with Gasteiger partial charge in [0.15, 0.2) is 11.5 Å². The Morgan fingerprint density at radius 1 is 0.767 bits per heavy atom. The Hall–Kier alpha value is -3.52. The minimum Gasteiger partial charge on any atom is -0.493 e. The van der Waals surface area contributed by atoms with E-state index in [1.807, 2.05) is 0 Å². The Bertz CT molecular complexity index is 1110. The van der Waals surface area contributed by atoms with Crippen LogP contribution in [0.1, 0.15) is 10.4 Å². The molecule has 8 heteroatoms. The second-order valence-electron chi connectivity index (χ2n) is 6.14. The van der Waals surface area contributed by atoms with Gasteiger partial charge in [0, 0.05) is 5.56 Å². The normalized spacial score (nSPS) is 10.9. The summed E-state index contributed by atoms with van der Waals surface area (Å²) in [5, 5.41) is 0. The van der Waals surface area contributed by atoms with Crippen LogP contribution < -0.4 is 18.5 Å². The Morgan fingerprint density at radius 3 is 1.73 bits per heavy atom. The average molecular weight is 427 g/mol. The lowest BCUT2D eigenvalue weighted by atomic mass is 10.1. The largest absolute Gasteiger partial charge is 0.493 e. The molecule has 0 N–H and O–H groups in total. The summed E-state index contributed by atoms with van der Waals surface area (Å²) in [6, 6.07) is 18.8. The molecule has 30 heavy (non-hydrogen) atoms. The first-order chi connectivity index (χ1) is 14.4. The van der Waals surface area contributed by atoms with Crippen molar-refractivity contribution < 1.29 is 27.4 Å². The Morgan fingerprint density at radius 2 is 1.27 bits per heavy atom. The number of carbonyl (C=O) groups is 1. The Labute approximate surface area is 175 Å². The van der Waals surface area contributed by atoms with Crippen molar-refractivity contribution in [2.75, 3.05) is 25.6 Å². The highest BCUT2D eigenvalue weighted by Gasteiger charge is 2.33. The molecular formula is C22H21NO6S. The second-order valence-corrected chi connectivity index (χ2v) is 7.92. The van der Waals surface area contributed by atoms with Gasteiger partial charge in [0.05, 0.1) is 31.9 Å². The minimum atomic E-state index is -4.19. The van der Waals surface area contributed by atoms with E-state index in [9.17, 15) is 13.2 Å². The molecule has 0 heterocycles. The number of anilines is 1. The number of hydrogen-bond acceptors (Lipinski definition) is 6. The SMILES string of the molecule is COc1cc(C(=O)N(c2ccccc2)S(=O)(=O)c2ccccc2)cc(OC)c1OC. The number of ether oxygens (including phenoxy) is 3. The lowest BCUT2D eigenvalue weighted by molar-refractivity contribution is 0.100. The molecule has 3 rings (SSSR count). The van der Waals surface area contributed by atoms with Gasteiger partial charge < -0.3 is 14.2 Å². The van der Waals surface area contributed by atoms with E-state index in [-0.39, 0.29) is 27.6 Å². The van der Waals surface area contributed by atoms with Crippen molar-refractivity contribution in [2.45, 2.75) is 4.90 Å². The van der Waals surface area contributed by atoms with E-state index in [0.29, 0.717) is 5.75 Å². The van der Waals surface area contributed by atoms with E-state index >= 15 is 0 Å². The lowest BCUT2D eigenvalue weighted by Crippen LogP contribution is -2.37. The van der Waals surface area contributed by atoms with E-state index in [1.165, 1.54) is 45.6 Å². The Kier molecular flexibility index (Phi) is 6.27. The number of sulfonamides is 1. The quantitative estimate of drug-likeness (QED) is 0.571. The van der Waals surface area contributed by atoms with Crippen molar-refractivity contribution in [3.05, 3.63) is 78.4 Å². The predicted molar refractivity (Wildman–Crippen MR) is 113 cm³/mol. The zero-order valence-electron chi connectivity index (χ0n) is 16.7. The molecule has 0 atom stereocenters. The van der Waals surface area contributed by atoms with Crippen molar-refractivity contribution in [3.8, 4) is 17.2 Å². The highest BCUT2D eigenvalue weighted by atomic mass is 32.2. The number of para-hydroxylation sites is 1. The smallest absolute Gasteiger partial charge is 0.272 e. The molecule has 0 bridgehead atoms. The van der Waals surface area contributed by atoms with E-state index < -0.39 is 15.9 Å². The summed E-state index contributed by atoms with van der Waals surface area (Å²) in [7, 11) is 0.0928. The van der Waals surface area contributed by atoms with Gasteiger partial charge in [0.25, 0.3) is 15.9 Å². The number of hydrogen-bond donors (Lipinski definition) is 0. The third kappa shape index (κ3) is 3.95. The topological polar surface area (TPSA) is 82.1 Å². The first-order valence-electron chi connectivity index (χ1n) is 8.93. The van der Waals surface area contributed by atoms with Crippen LogP contribution in [0.15, 0.2) is 77.7 Å². The number of rotatable bonds is 7. The predicted octanol–water partition coefficient (Wildman–Crippen LogP) is 3.75. The fourth-order valence-corrected chi connectivity index (χ4v) is 4.38. The maximum absolute atomic E-state index is 13.5. The summed E-state index contributed by atoms with van der Waals surface area (Å²) in [5.74, 6) is 0.0219. The zero-order chi connectivity index (χ0) is 21.7. The molecule has 0 fully saturated rings. The number of amides is 1. The van der Waals surface area contributed by atoms with Crippen LogP contribution in [0.25, 0.3) is 0 Å². The maximum atomic E-state index is 13.5. The van der Waals surface area contributed by atoms with Crippen LogP contribution >= 0.6 is 0 Å². The van der Waals surface area contributed by atoms with Crippen molar-refractivity contribution in [1.29, 1.82) is 0 Å². The van der Waals surface area contributed by atoms with E-state index in [2.05, 4.69) is 0 Å². The summed E-state index contributed by atoms with van der Waals surface area (Å²) in [5.41, 5.74) is 0.271. The van der Waals surface area contributed by atoms with Gasteiger partial charge in [-0.2, -0.15) is 4.31 Å². The van der Waals surface area contributed by atoms with E-state index in [1.54, 1.807) is 48.5 Å². The first kappa shape index (κ1) is 21.2. The molecule has 0 aliphatic carbocycles. The van der Waals surface area contributed by atoms with E-state index in [0.717, 1.165) is 4.31 Å². The van der Waals surface area contributed by atoms with Gasteiger partial charge in [-0.25, -0.2) is 8.42 Å². The van der Waals surface area contributed by atoms with Gasteiger partial charge in [-0.1, -0.05) is 36.4 Å². The average Bonchev–Trinajstić information content (AvgIpc) is 2.79. The van der Waals surface area contributed by atoms with Crippen molar-refractivity contribution >= 4 is 21.6 Å². The minimum absolute atomic E-state index is 0.00496. The van der Waals surface area contributed by atoms with Crippen LogP contribution in [0.5, 0.6) is 17.2 Å². The fraction of sp³-hybridized carbons (Fsp3) is 0.136. The number of methoxy groups -OCH3 is 3. The molecule has 0 saturated carbocycles. The molecule has 3 aromatic carbocycles. The van der Waals surface area contributed by atoms with Gasteiger partial charge in [0.2, 0.25) is 5.75 Å². The molecule has 0 aliphatic heterocycles. The van der Waals surface area contributed by atoms with E-state index in [4.69, 9.17) is 14.2 Å². The van der Waals surface area contributed by atoms with Crippen LogP contribution in [0.2, 0.25) is 0 Å². The van der Waals surface area contributed by atoms with Gasteiger partial charge in [-0.15, -0.1) is 0 Å². The van der Waals surface area contributed by atoms with Crippen molar-refractivity contribution in [2.24, 2.45) is 0 Å². The van der Waals surface area contributed by atoms with Gasteiger partial charge >= 0.3 is 0 Å². The van der Waals surface area contributed by atoms with Gasteiger partial charge in [-0.3, -0.25) is 4.79 Å². The third-order valence-electron chi connectivity index (χ3n) is 4.37. The number of nitrogens with zero attached hydrogens (tertiary/aromatic N) is 1. The van der Waals surface area contributed by atoms with Gasteiger partial charge in [-0.05, 0) is 36.4 Å². The molecule has 0 unspecified atom stereocenters. The molecular weight excluding hydrogens is 406 g/mol. The standard InChI is InChI=1S/C22H21NO6S/c1-27-19-14-16(15-20(28-2)21(19)29-3)22(24)23(17-10-6-4-7-11-17)30(25,26)18-12-8-5-9-13-18/h4-15H,1-3H3. The van der Waals surface area contributed by atoms with Crippen LogP contribution in [0.4, 0.5) is 5.69 Å². The van der Waals surface area contributed by atoms with Gasteiger partial charge in [0.1, 0.15) is 0 Å². The zero-order valence-corrected chi connectivity index (χ0v) is 17.5.